The fraction of sp³-hybridized carbons (Fsp3) is 0.105. The van der Waals surface area contributed by atoms with E-state index in [9.17, 15) is 22.0 Å². The van der Waals surface area contributed by atoms with Crippen LogP contribution in [0.3, 0.4) is 0 Å². The second kappa shape index (κ2) is 7.25. The second-order valence-electron chi connectivity index (χ2n) is 6.30. The maximum atomic E-state index is 14.1. The predicted molar refractivity (Wildman–Crippen MR) is 101 cm³/mol. The molecule has 0 saturated carbocycles. The number of aromatic nitrogens is 4. The Morgan fingerprint density at radius 1 is 0.867 bits per heavy atom. The number of rotatable bonds is 4. The smallest absolute Gasteiger partial charge is 0.337 e. The van der Waals surface area contributed by atoms with Gasteiger partial charge in [0.2, 0.25) is 5.82 Å². The van der Waals surface area contributed by atoms with Crippen LogP contribution in [0.4, 0.5) is 45.0 Å². The summed E-state index contributed by atoms with van der Waals surface area (Å²) in [5.41, 5.74) is -0.132. The molecular weight excluding hydrogens is 407 g/mol. The predicted octanol–water partition coefficient (Wildman–Crippen LogP) is 5.15. The fourth-order valence-electron chi connectivity index (χ4n) is 2.81. The molecule has 30 heavy (non-hydrogen) atoms. The standard InChI is InChI=1S/C19H13F5N6/c1-30-17-16(29-18(30)19(22,23)24)27-15(26-13-8-3-2-7-12(13)21)14(28-17)25-11-6-4-5-10(20)9-11/h2-9H,1H3,(H,25,28)(H,26,27). The Balaban J connectivity index is 1.86. The zero-order valence-corrected chi connectivity index (χ0v) is 15.3. The molecule has 0 amide bonds. The lowest BCUT2D eigenvalue weighted by atomic mass is 10.3. The van der Waals surface area contributed by atoms with Crippen LogP contribution in [0.25, 0.3) is 11.3 Å². The lowest BCUT2D eigenvalue weighted by Crippen LogP contribution is -2.12. The van der Waals surface area contributed by atoms with E-state index in [1.54, 1.807) is 6.07 Å². The minimum Gasteiger partial charge on any atom is -0.337 e. The first-order valence-corrected chi connectivity index (χ1v) is 8.58. The quantitative estimate of drug-likeness (QED) is 0.447. The van der Waals surface area contributed by atoms with Crippen molar-refractivity contribution in [2.45, 2.75) is 6.18 Å². The molecule has 2 N–H and O–H groups in total. The molecule has 4 rings (SSSR count). The van der Waals surface area contributed by atoms with Crippen molar-refractivity contribution in [3.8, 4) is 0 Å². The molecule has 2 aromatic heterocycles. The van der Waals surface area contributed by atoms with Crippen molar-refractivity contribution >= 4 is 34.3 Å². The summed E-state index contributed by atoms with van der Waals surface area (Å²) in [6.45, 7) is 0. The van der Waals surface area contributed by atoms with Crippen LogP contribution >= 0.6 is 0 Å². The normalized spacial score (nSPS) is 11.7. The Kier molecular flexibility index (Phi) is 4.72. The summed E-state index contributed by atoms with van der Waals surface area (Å²) in [7, 11) is 1.16. The number of anilines is 4. The molecule has 0 saturated heterocycles. The van der Waals surface area contributed by atoms with Gasteiger partial charge in [0, 0.05) is 12.7 Å². The summed E-state index contributed by atoms with van der Waals surface area (Å²) in [6, 6.07) is 11.1. The van der Waals surface area contributed by atoms with Crippen molar-refractivity contribution in [2.24, 2.45) is 7.05 Å². The van der Waals surface area contributed by atoms with E-state index in [1.165, 1.54) is 42.5 Å². The number of nitrogens with zero attached hydrogens (tertiary/aromatic N) is 4. The highest BCUT2D eigenvalue weighted by Gasteiger charge is 2.37. The van der Waals surface area contributed by atoms with Gasteiger partial charge in [-0.05, 0) is 30.3 Å². The summed E-state index contributed by atoms with van der Waals surface area (Å²) in [5, 5.41) is 5.50. The highest BCUT2D eigenvalue weighted by molar-refractivity contribution is 5.80. The molecule has 0 fully saturated rings. The van der Waals surface area contributed by atoms with Crippen molar-refractivity contribution in [2.75, 3.05) is 10.6 Å². The number of nitrogens with one attached hydrogen (secondary N) is 2. The van der Waals surface area contributed by atoms with E-state index in [0.29, 0.717) is 0 Å². The lowest BCUT2D eigenvalue weighted by Gasteiger charge is -2.13. The van der Waals surface area contributed by atoms with Gasteiger partial charge in [-0.25, -0.2) is 23.7 Å². The Morgan fingerprint density at radius 3 is 2.30 bits per heavy atom. The van der Waals surface area contributed by atoms with Crippen molar-refractivity contribution < 1.29 is 22.0 Å². The van der Waals surface area contributed by atoms with Gasteiger partial charge in [0.15, 0.2) is 22.9 Å². The highest BCUT2D eigenvalue weighted by atomic mass is 19.4. The van der Waals surface area contributed by atoms with E-state index in [-0.39, 0.29) is 34.3 Å². The highest BCUT2D eigenvalue weighted by Crippen LogP contribution is 2.33. The van der Waals surface area contributed by atoms with E-state index in [2.05, 4.69) is 25.6 Å². The first-order valence-electron chi connectivity index (χ1n) is 8.58. The summed E-state index contributed by atoms with van der Waals surface area (Å²) >= 11 is 0. The lowest BCUT2D eigenvalue weighted by molar-refractivity contribution is -0.146. The third kappa shape index (κ3) is 3.73. The van der Waals surface area contributed by atoms with Gasteiger partial charge in [0.25, 0.3) is 0 Å². The summed E-state index contributed by atoms with van der Waals surface area (Å²) in [5.74, 6) is -2.43. The molecule has 0 aliphatic rings. The van der Waals surface area contributed by atoms with Crippen LogP contribution in [0.1, 0.15) is 5.82 Å². The van der Waals surface area contributed by atoms with Crippen LogP contribution in [0.2, 0.25) is 0 Å². The summed E-state index contributed by atoms with van der Waals surface area (Å²) in [6.07, 6.45) is -4.72. The Morgan fingerprint density at radius 2 is 1.60 bits per heavy atom. The van der Waals surface area contributed by atoms with Crippen molar-refractivity contribution in [3.05, 3.63) is 66.0 Å². The second-order valence-corrected chi connectivity index (χ2v) is 6.30. The number of halogens is 5. The third-order valence-electron chi connectivity index (χ3n) is 4.17. The maximum Gasteiger partial charge on any atom is 0.449 e. The van der Waals surface area contributed by atoms with Crippen LogP contribution in [0, 0.1) is 11.6 Å². The van der Waals surface area contributed by atoms with Gasteiger partial charge in [-0.3, -0.25) is 0 Å². The molecule has 0 aliphatic carbocycles. The van der Waals surface area contributed by atoms with Crippen molar-refractivity contribution in [1.29, 1.82) is 0 Å². The van der Waals surface area contributed by atoms with Crippen LogP contribution in [0.5, 0.6) is 0 Å². The summed E-state index contributed by atoms with van der Waals surface area (Å²) in [4.78, 5) is 11.8. The number of alkyl halides is 3. The van der Waals surface area contributed by atoms with Crippen molar-refractivity contribution in [3.63, 3.8) is 0 Å². The van der Waals surface area contributed by atoms with E-state index in [0.717, 1.165) is 11.6 Å². The van der Waals surface area contributed by atoms with Crippen LogP contribution in [-0.4, -0.2) is 19.5 Å². The van der Waals surface area contributed by atoms with Crippen LogP contribution < -0.4 is 10.6 Å². The molecule has 0 spiro atoms. The molecule has 0 aliphatic heterocycles. The maximum absolute atomic E-state index is 14.1. The van der Waals surface area contributed by atoms with Crippen LogP contribution in [0.15, 0.2) is 48.5 Å². The van der Waals surface area contributed by atoms with E-state index >= 15 is 0 Å². The molecule has 2 aromatic carbocycles. The van der Waals surface area contributed by atoms with Crippen LogP contribution in [-0.2, 0) is 13.2 Å². The SMILES string of the molecule is Cn1c(C(F)(F)F)nc2nc(Nc3ccccc3F)c(Nc3cccc(F)c3)nc21. The first-order chi connectivity index (χ1) is 14.2. The average molecular weight is 420 g/mol. The zero-order valence-electron chi connectivity index (χ0n) is 15.3. The Hall–Kier alpha value is -3.76. The van der Waals surface area contributed by atoms with Gasteiger partial charge < -0.3 is 15.2 Å². The number of aryl methyl sites for hydroxylation is 1. The average Bonchev–Trinajstić information content (AvgIpc) is 3.00. The molecule has 0 unspecified atom stereocenters. The van der Waals surface area contributed by atoms with E-state index in [1.807, 2.05) is 0 Å². The number of fused-ring (bicyclic) bond motifs is 1. The van der Waals surface area contributed by atoms with Gasteiger partial charge in [-0.1, -0.05) is 18.2 Å². The van der Waals surface area contributed by atoms with E-state index < -0.39 is 23.6 Å². The van der Waals surface area contributed by atoms with E-state index in [4.69, 9.17) is 0 Å². The first kappa shape index (κ1) is 19.6. The molecule has 0 atom stereocenters. The molecular formula is C19H13F5N6. The molecule has 154 valence electrons. The number of hydrogen-bond donors (Lipinski definition) is 2. The zero-order chi connectivity index (χ0) is 21.5. The van der Waals surface area contributed by atoms with Gasteiger partial charge in [0.1, 0.15) is 11.6 Å². The largest absolute Gasteiger partial charge is 0.449 e. The van der Waals surface area contributed by atoms with Gasteiger partial charge in [-0.2, -0.15) is 13.2 Å². The van der Waals surface area contributed by atoms with Gasteiger partial charge in [0.05, 0.1) is 5.69 Å². The third-order valence-corrected chi connectivity index (χ3v) is 4.17. The molecule has 0 bridgehead atoms. The minimum absolute atomic E-state index is 0.0282. The molecule has 11 heteroatoms. The number of hydrogen-bond acceptors (Lipinski definition) is 5. The topological polar surface area (TPSA) is 67.7 Å². The number of benzene rings is 2. The minimum atomic E-state index is -4.72. The Labute approximate surface area is 166 Å². The monoisotopic (exact) mass is 420 g/mol. The van der Waals surface area contributed by atoms with Gasteiger partial charge >= 0.3 is 6.18 Å². The number of para-hydroxylation sites is 1. The molecule has 6 nitrogen and oxygen atoms in total. The Bertz CT molecular complexity index is 1230. The molecule has 2 heterocycles. The molecule has 4 aromatic rings. The van der Waals surface area contributed by atoms with Gasteiger partial charge in [-0.15, -0.1) is 0 Å². The van der Waals surface area contributed by atoms with Crippen molar-refractivity contribution in [1.82, 2.24) is 19.5 Å². The number of imidazole rings is 1. The molecule has 0 radical (unpaired) electrons. The fourth-order valence-corrected chi connectivity index (χ4v) is 2.81. The summed E-state index contributed by atoms with van der Waals surface area (Å²) < 4.78 is 68.0.